The molecular formula is C16H19N3O3. The van der Waals surface area contributed by atoms with Gasteiger partial charge in [0.25, 0.3) is 5.88 Å². The van der Waals surface area contributed by atoms with Crippen LogP contribution in [0.4, 0.5) is 0 Å². The molecule has 1 aromatic heterocycles. The first-order chi connectivity index (χ1) is 10.7. The summed E-state index contributed by atoms with van der Waals surface area (Å²) in [5.74, 6) is 0.762. The van der Waals surface area contributed by atoms with E-state index in [1.165, 1.54) is 11.1 Å². The van der Waals surface area contributed by atoms with Gasteiger partial charge < -0.3 is 10.1 Å². The molecule has 0 bridgehead atoms. The zero-order valence-corrected chi connectivity index (χ0v) is 12.5. The maximum atomic E-state index is 12.0. The second-order valence-corrected chi connectivity index (χ2v) is 5.49. The molecule has 1 atom stereocenters. The van der Waals surface area contributed by atoms with E-state index in [2.05, 4.69) is 38.5 Å². The van der Waals surface area contributed by atoms with E-state index >= 15 is 0 Å². The van der Waals surface area contributed by atoms with Gasteiger partial charge in [0.05, 0.1) is 6.54 Å². The molecule has 1 heterocycles. The minimum absolute atomic E-state index is 0.0558. The van der Waals surface area contributed by atoms with Crippen molar-refractivity contribution in [3.63, 3.8) is 0 Å². The number of carbonyl (C=O) groups excluding carboxylic acids is 1. The number of fused-ring (bicyclic) bond motifs is 1. The smallest absolute Gasteiger partial charge is 0.278 e. The summed E-state index contributed by atoms with van der Waals surface area (Å²) < 4.78 is 9.90. The van der Waals surface area contributed by atoms with Crippen LogP contribution < -0.4 is 10.1 Å². The zero-order valence-electron chi connectivity index (χ0n) is 12.5. The largest absolute Gasteiger partial charge is 0.472 e. The van der Waals surface area contributed by atoms with Crippen LogP contribution in [0.1, 0.15) is 35.6 Å². The van der Waals surface area contributed by atoms with Gasteiger partial charge in [-0.05, 0) is 42.0 Å². The van der Waals surface area contributed by atoms with E-state index in [-0.39, 0.29) is 5.91 Å². The molecule has 2 aromatic rings. The molecule has 0 fully saturated rings. The van der Waals surface area contributed by atoms with E-state index in [0.717, 1.165) is 12.8 Å². The Morgan fingerprint density at radius 3 is 3.09 bits per heavy atom. The van der Waals surface area contributed by atoms with Crippen LogP contribution in [-0.4, -0.2) is 29.4 Å². The Kier molecular flexibility index (Phi) is 4.37. The Labute approximate surface area is 128 Å². The Balaban J connectivity index is 1.41. The van der Waals surface area contributed by atoms with Crippen LogP contribution in [0.2, 0.25) is 0 Å². The van der Waals surface area contributed by atoms with Crippen LogP contribution in [-0.2, 0) is 11.2 Å². The molecule has 1 aliphatic rings. The lowest BCUT2D eigenvalue weighted by molar-refractivity contribution is -0.121. The van der Waals surface area contributed by atoms with Gasteiger partial charge in [-0.3, -0.25) is 4.79 Å². The maximum Gasteiger partial charge on any atom is 0.278 e. The average Bonchev–Trinajstić information content (AvgIpc) is 3.11. The second-order valence-electron chi connectivity index (χ2n) is 5.49. The molecule has 6 nitrogen and oxygen atoms in total. The van der Waals surface area contributed by atoms with Crippen LogP contribution in [0.5, 0.6) is 5.88 Å². The van der Waals surface area contributed by atoms with Crippen molar-refractivity contribution in [1.82, 2.24) is 15.6 Å². The van der Waals surface area contributed by atoms with Crippen LogP contribution in [0.15, 0.2) is 28.9 Å². The van der Waals surface area contributed by atoms with Gasteiger partial charge in [-0.15, -0.1) is 0 Å². The Bertz CT molecular complexity index is 654. The minimum atomic E-state index is 0.0558. The number of hydrogen-bond donors (Lipinski definition) is 1. The summed E-state index contributed by atoms with van der Waals surface area (Å²) in [6.07, 6.45) is 2.64. The predicted molar refractivity (Wildman–Crippen MR) is 79.7 cm³/mol. The van der Waals surface area contributed by atoms with Gasteiger partial charge in [-0.2, -0.15) is 0 Å². The number of ether oxygens (including phenoxy) is 1. The summed E-state index contributed by atoms with van der Waals surface area (Å²) in [7, 11) is 0. The third kappa shape index (κ3) is 3.27. The first-order valence-corrected chi connectivity index (χ1v) is 7.50. The molecule has 22 heavy (non-hydrogen) atoms. The quantitative estimate of drug-likeness (QED) is 0.826. The van der Waals surface area contributed by atoms with Gasteiger partial charge in [0, 0.05) is 6.42 Å². The van der Waals surface area contributed by atoms with Crippen LogP contribution in [0, 0.1) is 6.92 Å². The molecule has 3 rings (SSSR count). The first-order valence-electron chi connectivity index (χ1n) is 7.50. The van der Waals surface area contributed by atoms with E-state index < -0.39 is 0 Å². The van der Waals surface area contributed by atoms with Gasteiger partial charge in [0.15, 0.2) is 0 Å². The molecule has 0 spiro atoms. The standard InChI is InChI=1S/C16H19N3O3/c1-11-16(19-22-18-11)21-9-8-17-15(20)10-13-7-6-12-4-2-3-5-14(12)13/h2-5,13H,6-10H2,1H3,(H,17,20). The predicted octanol–water partition coefficient (Wildman–Crippen LogP) is 1.99. The molecule has 1 unspecified atom stereocenters. The number of nitrogens with zero attached hydrogens (tertiary/aromatic N) is 2. The number of amides is 1. The van der Waals surface area contributed by atoms with E-state index in [1.807, 2.05) is 6.07 Å². The van der Waals surface area contributed by atoms with E-state index in [4.69, 9.17) is 4.74 Å². The number of rotatable bonds is 6. The van der Waals surface area contributed by atoms with Crippen molar-refractivity contribution >= 4 is 5.91 Å². The highest BCUT2D eigenvalue weighted by atomic mass is 16.6. The number of aryl methyl sites for hydroxylation is 2. The van der Waals surface area contributed by atoms with Crippen molar-refractivity contribution in [2.75, 3.05) is 13.2 Å². The fourth-order valence-corrected chi connectivity index (χ4v) is 2.85. The maximum absolute atomic E-state index is 12.0. The highest BCUT2D eigenvalue weighted by molar-refractivity contribution is 5.77. The fraction of sp³-hybridized carbons (Fsp3) is 0.438. The number of benzene rings is 1. The molecule has 1 aliphatic carbocycles. The molecule has 0 saturated carbocycles. The summed E-state index contributed by atoms with van der Waals surface area (Å²) >= 11 is 0. The monoisotopic (exact) mass is 301 g/mol. The number of nitrogens with one attached hydrogen (secondary N) is 1. The van der Waals surface area contributed by atoms with Crippen molar-refractivity contribution in [2.24, 2.45) is 0 Å². The Morgan fingerprint density at radius 1 is 1.41 bits per heavy atom. The number of aromatic nitrogens is 2. The lowest BCUT2D eigenvalue weighted by atomic mass is 9.97. The topological polar surface area (TPSA) is 77.2 Å². The molecule has 1 amide bonds. The molecule has 0 aliphatic heterocycles. The molecule has 6 heteroatoms. The third-order valence-corrected chi connectivity index (χ3v) is 3.96. The van der Waals surface area contributed by atoms with Gasteiger partial charge in [-0.25, -0.2) is 4.63 Å². The van der Waals surface area contributed by atoms with Crippen molar-refractivity contribution < 1.29 is 14.2 Å². The van der Waals surface area contributed by atoms with Crippen LogP contribution in [0.25, 0.3) is 0 Å². The van der Waals surface area contributed by atoms with Crippen molar-refractivity contribution in [3.8, 4) is 5.88 Å². The summed E-state index contributed by atoms with van der Waals surface area (Å²) in [5, 5.41) is 10.1. The summed E-state index contributed by atoms with van der Waals surface area (Å²) in [5.41, 5.74) is 3.30. The van der Waals surface area contributed by atoms with Gasteiger partial charge >= 0.3 is 0 Å². The fourth-order valence-electron chi connectivity index (χ4n) is 2.85. The van der Waals surface area contributed by atoms with E-state index in [1.54, 1.807) is 6.92 Å². The Hall–Kier alpha value is -2.37. The summed E-state index contributed by atoms with van der Waals surface area (Å²) in [6, 6.07) is 8.37. The minimum Gasteiger partial charge on any atom is -0.472 e. The molecule has 116 valence electrons. The molecule has 0 radical (unpaired) electrons. The van der Waals surface area contributed by atoms with Crippen LogP contribution in [0.3, 0.4) is 0 Å². The second kappa shape index (κ2) is 6.60. The summed E-state index contributed by atoms with van der Waals surface area (Å²) in [4.78, 5) is 12.0. The normalized spacial score (nSPS) is 16.3. The number of carbonyl (C=O) groups is 1. The summed E-state index contributed by atoms with van der Waals surface area (Å²) in [6.45, 7) is 2.55. The lowest BCUT2D eigenvalue weighted by Crippen LogP contribution is -2.29. The zero-order chi connectivity index (χ0) is 15.4. The van der Waals surface area contributed by atoms with Crippen LogP contribution >= 0.6 is 0 Å². The van der Waals surface area contributed by atoms with Crippen molar-refractivity contribution in [1.29, 1.82) is 0 Å². The van der Waals surface area contributed by atoms with Crippen molar-refractivity contribution in [2.45, 2.75) is 32.1 Å². The first kappa shape index (κ1) is 14.6. The van der Waals surface area contributed by atoms with Gasteiger partial charge in [-0.1, -0.05) is 29.4 Å². The Morgan fingerprint density at radius 2 is 2.27 bits per heavy atom. The van der Waals surface area contributed by atoms with Gasteiger partial charge in [0.1, 0.15) is 12.3 Å². The molecule has 1 N–H and O–H groups in total. The number of hydrogen-bond acceptors (Lipinski definition) is 5. The highest BCUT2D eigenvalue weighted by Gasteiger charge is 2.23. The molecule has 0 saturated heterocycles. The third-order valence-electron chi connectivity index (χ3n) is 3.96. The molecular weight excluding hydrogens is 282 g/mol. The van der Waals surface area contributed by atoms with Gasteiger partial charge in [0.2, 0.25) is 5.91 Å². The van der Waals surface area contributed by atoms with Crippen molar-refractivity contribution in [3.05, 3.63) is 41.1 Å². The SMILES string of the molecule is Cc1nonc1OCCNC(=O)CC1CCc2ccccc21. The average molecular weight is 301 g/mol. The highest BCUT2D eigenvalue weighted by Crippen LogP contribution is 2.34. The lowest BCUT2D eigenvalue weighted by Gasteiger charge is -2.11. The van der Waals surface area contributed by atoms with E-state index in [9.17, 15) is 4.79 Å². The molecule has 1 aromatic carbocycles. The van der Waals surface area contributed by atoms with E-state index in [0.29, 0.717) is 37.1 Å².